The molecule has 0 spiro atoms. The second-order valence-electron chi connectivity index (χ2n) is 7.52. The molecule has 29 heavy (non-hydrogen) atoms. The van der Waals surface area contributed by atoms with Crippen molar-refractivity contribution < 1.29 is 9.59 Å². The zero-order chi connectivity index (χ0) is 20.4. The van der Waals surface area contributed by atoms with E-state index in [9.17, 15) is 9.59 Å². The van der Waals surface area contributed by atoms with E-state index in [4.69, 9.17) is 0 Å². The Bertz CT molecular complexity index is 1060. The van der Waals surface area contributed by atoms with Crippen LogP contribution in [0, 0.1) is 6.92 Å². The number of aromatic nitrogens is 1. The van der Waals surface area contributed by atoms with Crippen molar-refractivity contribution in [2.45, 2.75) is 45.7 Å². The van der Waals surface area contributed by atoms with Gasteiger partial charge in [0, 0.05) is 29.0 Å². The van der Waals surface area contributed by atoms with Crippen LogP contribution in [-0.4, -0.2) is 34.3 Å². The topological polar surface area (TPSA) is 62.3 Å². The summed E-state index contributed by atoms with van der Waals surface area (Å²) in [7, 11) is 0. The van der Waals surface area contributed by atoms with E-state index in [1.807, 2.05) is 43.0 Å². The molecule has 6 heteroatoms. The molecular formula is C23H25N3O2S. The summed E-state index contributed by atoms with van der Waals surface area (Å²) in [5.74, 6) is -0.209. The number of nitrogens with zero attached hydrogens (tertiary/aromatic N) is 2. The van der Waals surface area contributed by atoms with E-state index in [-0.39, 0.29) is 11.8 Å². The standard InChI is InChI=1S/C23H25N3O2S/c1-3-6-20(23(28)26-11-9-21-16(14-26)10-12-29-21)25-22(27)18-13-15(2)24-19-8-5-4-7-17(18)19/h4-5,7-8,10,12-13,20H,3,6,9,11,14H2,1-2H3,(H,25,27). The number of rotatable bonds is 5. The van der Waals surface area contributed by atoms with Gasteiger partial charge < -0.3 is 10.2 Å². The SMILES string of the molecule is CCCC(NC(=O)c1cc(C)nc2ccccc12)C(=O)N1CCc2sccc2C1. The monoisotopic (exact) mass is 407 g/mol. The molecule has 4 rings (SSSR count). The lowest BCUT2D eigenvalue weighted by atomic mass is 10.0. The van der Waals surface area contributed by atoms with Crippen molar-refractivity contribution in [1.82, 2.24) is 15.2 Å². The molecule has 0 saturated carbocycles. The van der Waals surface area contributed by atoms with E-state index in [1.54, 1.807) is 17.4 Å². The molecule has 0 radical (unpaired) electrons. The predicted octanol–water partition coefficient (Wildman–Crippen LogP) is 4.09. The van der Waals surface area contributed by atoms with Gasteiger partial charge in [0.15, 0.2) is 0 Å². The summed E-state index contributed by atoms with van der Waals surface area (Å²) >= 11 is 1.75. The molecule has 5 nitrogen and oxygen atoms in total. The molecule has 1 aliphatic heterocycles. The molecule has 1 unspecified atom stereocenters. The number of pyridine rings is 1. The number of thiophene rings is 1. The highest BCUT2D eigenvalue weighted by molar-refractivity contribution is 7.10. The number of nitrogens with one attached hydrogen (secondary N) is 1. The van der Waals surface area contributed by atoms with Crippen LogP contribution in [0.5, 0.6) is 0 Å². The van der Waals surface area contributed by atoms with Gasteiger partial charge in [-0.1, -0.05) is 31.5 Å². The molecule has 3 aromatic rings. The number of hydrogen-bond donors (Lipinski definition) is 1. The number of carbonyl (C=O) groups is 2. The van der Waals surface area contributed by atoms with E-state index < -0.39 is 6.04 Å². The summed E-state index contributed by atoms with van der Waals surface area (Å²) in [4.78, 5) is 34.1. The van der Waals surface area contributed by atoms with Gasteiger partial charge in [0.25, 0.3) is 5.91 Å². The van der Waals surface area contributed by atoms with Crippen LogP contribution < -0.4 is 5.32 Å². The number of aryl methyl sites for hydroxylation is 1. The number of benzene rings is 1. The van der Waals surface area contributed by atoms with E-state index >= 15 is 0 Å². The van der Waals surface area contributed by atoms with Crippen molar-refractivity contribution in [2.75, 3.05) is 6.54 Å². The first-order chi connectivity index (χ1) is 14.1. The van der Waals surface area contributed by atoms with Gasteiger partial charge in [-0.3, -0.25) is 14.6 Å². The van der Waals surface area contributed by atoms with Crippen molar-refractivity contribution in [3.63, 3.8) is 0 Å². The molecule has 1 aliphatic rings. The van der Waals surface area contributed by atoms with Crippen LogP contribution in [-0.2, 0) is 17.8 Å². The van der Waals surface area contributed by atoms with Crippen LogP contribution in [0.15, 0.2) is 41.8 Å². The average molecular weight is 408 g/mol. The van der Waals surface area contributed by atoms with Crippen LogP contribution in [0.3, 0.4) is 0 Å². The van der Waals surface area contributed by atoms with Gasteiger partial charge in [0.2, 0.25) is 5.91 Å². The molecule has 1 aromatic carbocycles. The highest BCUT2D eigenvalue weighted by atomic mass is 32.1. The molecule has 2 amide bonds. The Hall–Kier alpha value is -2.73. The third-order valence-corrected chi connectivity index (χ3v) is 6.41. The Kier molecular flexibility index (Phi) is 5.62. The quantitative estimate of drug-likeness (QED) is 0.693. The van der Waals surface area contributed by atoms with Gasteiger partial charge >= 0.3 is 0 Å². The van der Waals surface area contributed by atoms with Crippen LogP contribution in [0.2, 0.25) is 0 Å². The van der Waals surface area contributed by atoms with Crippen molar-refractivity contribution in [3.8, 4) is 0 Å². The molecule has 1 N–H and O–H groups in total. The Labute approximate surface area is 174 Å². The fourth-order valence-electron chi connectivity index (χ4n) is 3.93. The smallest absolute Gasteiger partial charge is 0.252 e. The van der Waals surface area contributed by atoms with Crippen LogP contribution in [0.1, 0.15) is 46.3 Å². The van der Waals surface area contributed by atoms with Crippen molar-refractivity contribution in [2.24, 2.45) is 0 Å². The Morgan fingerprint density at radius 3 is 2.93 bits per heavy atom. The average Bonchev–Trinajstić information content (AvgIpc) is 3.20. The number of fused-ring (bicyclic) bond motifs is 2. The normalized spacial score (nSPS) is 14.5. The maximum Gasteiger partial charge on any atom is 0.252 e. The summed E-state index contributed by atoms with van der Waals surface area (Å²) in [6.07, 6.45) is 2.34. The molecule has 0 fully saturated rings. The Morgan fingerprint density at radius 2 is 2.10 bits per heavy atom. The molecule has 0 saturated heterocycles. The first-order valence-electron chi connectivity index (χ1n) is 10.1. The minimum Gasteiger partial charge on any atom is -0.340 e. The summed E-state index contributed by atoms with van der Waals surface area (Å²) in [5, 5.41) is 5.90. The first kappa shape index (κ1) is 19.6. The number of para-hydroxylation sites is 1. The minimum absolute atomic E-state index is 0.00661. The van der Waals surface area contributed by atoms with Crippen molar-refractivity contribution in [1.29, 1.82) is 0 Å². The lowest BCUT2D eigenvalue weighted by Gasteiger charge is -2.31. The molecular weight excluding hydrogens is 382 g/mol. The lowest BCUT2D eigenvalue weighted by Crippen LogP contribution is -2.49. The summed E-state index contributed by atoms with van der Waals surface area (Å²) in [6.45, 7) is 5.25. The summed E-state index contributed by atoms with van der Waals surface area (Å²) in [6, 6.07) is 11.0. The zero-order valence-corrected chi connectivity index (χ0v) is 17.6. The third-order valence-electron chi connectivity index (χ3n) is 5.39. The van der Waals surface area contributed by atoms with E-state index in [1.165, 1.54) is 10.4 Å². The van der Waals surface area contributed by atoms with Crippen molar-refractivity contribution in [3.05, 3.63) is 63.5 Å². The molecule has 1 atom stereocenters. The highest BCUT2D eigenvalue weighted by Crippen LogP contribution is 2.25. The lowest BCUT2D eigenvalue weighted by molar-refractivity contribution is -0.134. The van der Waals surface area contributed by atoms with Gasteiger partial charge in [-0.15, -0.1) is 11.3 Å². The van der Waals surface area contributed by atoms with Crippen LogP contribution >= 0.6 is 11.3 Å². The maximum absolute atomic E-state index is 13.2. The fraction of sp³-hybridized carbons (Fsp3) is 0.348. The van der Waals surface area contributed by atoms with Gasteiger partial charge in [-0.25, -0.2) is 0 Å². The van der Waals surface area contributed by atoms with Crippen LogP contribution in [0.4, 0.5) is 0 Å². The third kappa shape index (κ3) is 4.03. The molecule has 3 heterocycles. The molecule has 0 aliphatic carbocycles. The van der Waals surface area contributed by atoms with E-state index in [0.29, 0.717) is 25.1 Å². The number of carbonyl (C=O) groups excluding carboxylic acids is 2. The number of hydrogen-bond acceptors (Lipinski definition) is 4. The van der Waals surface area contributed by atoms with E-state index in [2.05, 4.69) is 21.7 Å². The Morgan fingerprint density at radius 1 is 1.28 bits per heavy atom. The maximum atomic E-state index is 13.2. The van der Waals surface area contributed by atoms with Gasteiger partial charge in [-0.05, 0) is 48.9 Å². The number of amides is 2. The van der Waals surface area contributed by atoms with Crippen LogP contribution in [0.25, 0.3) is 10.9 Å². The molecule has 150 valence electrons. The zero-order valence-electron chi connectivity index (χ0n) is 16.8. The van der Waals surface area contributed by atoms with Gasteiger partial charge in [0.05, 0.1) is 11.1 Å². The van der Waals surface area contributed by atoms with E-state index in [0.717, 1.165) is 29.4 Å². The minimum atomic E-state index is -0.514. The fourth-order valence-corrected chi connectivity index (χ4v) is 4.82. The van der Waals surface area contributed by atoms with Gasteiger partial charge in [-0.2, -0.15) is 0 Å². The summed E-state index contributed by atoms with van der Waals surface area (Å²) < 4.78 is 0. The molecule has 2 aromatic heterocycles. The Balaban J connectivity index is 1.56. The first-order valence-corrected chi connectivity index (χ1v) is 11.0. The second kappa shape index (κ2) is 8.33. The largest absolute Gasteiger partial charge is 0.340 e. The molecule has 0 bridgehead atoms. The summed E-state index contributed by atoms with van der Waals surface area (Å²) in [5.41, 5.74) is 3.37. The van der Waals surface area contributed by atoms with Crippen molar-refractivity contribution >= 4 is 34.1 Å². The van der Waals surface area contributed by atoms with Gasteiger partial charge in [0.1, 0.15) is 6.04 Å². The highest BCUT2D eigenvalue weighted by Gasteiger charge is 2.29. The predicted molar refractivity (Wildman–Crippen MR) is 116 cm³/mol. The second-order valence-corrected chi connectivity index (χ2v) is 8.52.